The number of nitrogens with zero attached hydrogens (tertiary/aromatic N) is 3. The van der Waals surface area contributed by atoms with E-state index in [0.29, 0.717) is 32.7 Å². The van der Waals surface area contributed by atoms with Crippen LogP contribution in [0, 0.1) is 6.92 Å². The van der Waals surface area contributed by atoms with E-state index in [1.807, 2.05) is 42.5 Å². The standard InChI is InChI=1S/C18H24N4O2S2/c1-12(2)19-15(23)10-21-5-7-22(8-6-21)18(24)16-13(3)20-17(26-16)14-4-9-25-11-14/h4,9,11-12H,5-8,10H2,1-3H3,(H,19,23). The average molecular weight is 393 g/mol. The maximum absolute atomic E-state index is 12.9. The summed E-state index contributed by atoms with van der Waals surface area (Å²) in [5, 5.41) is 7.87. The third-order valence-corrected chi connectivity index (χ3v) is 6.11. The summed E-state index contributed by atoms with van der Waals surface area (Å²) in [5.74, 6) is 0.0891. The summed E-state index contributed by atoms with van der Waals surface area (Å²) in [6.07, 6.45) is 0. The fraction of sp³-hybridized carbons (Fsp3) is 0.500. The highest BCUT2D eigenvalue weighted by Gasteiger charge is 2.26. The number of aromatic nitrogens is 1. The van der Waals surface area contributed by atoms with Gasteiger partial charge in [-0.1, -0.05) is 0 Å². The maximum atomic E-state index is 12.9. The molecule has 0 radical (unpaired) electrons. The average Bonchev–Trinajstić information content (AvgIpc) is 3.23. The van der Waals surface area contributed by atoms with Crippen LogP contribution in [0.25, 0.3) is 10.6 Å². The Morgan fingerprint density at radius 3 is 2.62 bits per heavy atom. The summed E-state index contributed by atoms with van der Waals surface area (Å²) < 4.78 is 0. The minimum absolute atomic E-state index is 0.0403. The fourth-order valence-electron chi connectivity index (χ4n) is 2.93. The largest absolute Gasteiger partial charge is 0.353 e. The Kier molecular flexibility index (Phi) is 6.05. The van der Waals surface area contributed by atoms with Gasteiger partial charge in [0.15, 0.2) is 0 Å². The fourth-order valence-corrected chi connectivity index (χ4v) is 4.67. The maximum Gasteiger partial charge on any atom is 0.265 e. The number of aryl methyl sites for hydroxylation is 1. The zero-order chi connectivity index (χ0) is 18.7. The zero-order valence-corrected chi connectivity index (χ0v) is 17.0. The topological polar surface area (TPSA) is 65.5 Å². The number of hydrogen-bond donors (Lipinski definition) is 1. The smallest absolute Gasteiger partial charge is 0.265 e. The summed E-state index contributed by atoms with van der Waals surface area (Å²) in [4.78, 5) is 34.0. The van der Waals surface area contributed by atoms with Gasteiger partial charge in [-0.3, -0.25) is 14.5 Å². The Hall–Kier alpha value is -1.77. The molecule has 0 aromatic carbocycles. The Labute approximate surface area is 161 Å². The molecule has 0 spiro atoms. The van der Waals surface area contributed by atoms with Gasteiger partial charge in [-0.15, -0.1) is 11.3 Å². The second-order valence-corrected chi connectivity index (χ2v) is 8.52. The Morgan fingerprint density at radius 2 is 2.00 bits per heavy atom. The van der Waals surface area contributed by atoms with E-state index in [0.717, 1.165) is 21.1 Å². The molecule has 1 N–H and O–H groups in total. The molecule has 26 heavy (non-hydrogen) atoms. The zero-order valence-electron chi connectivity index (χ0n) is 15.3. The van der Waals surface area contributed by atoms with Gasteiger partial charge >= 0.3 is 0 Å². The lowest BCUT2D eigenvalue weighted by Crippen LogP contribution is -2.51. The molecular formula is C18H24N4O2S2. The Morgan fingerprint density at radius 1 is 1.27 bits per heavy atom. The van der Waals surface area contributed by atoms with Crippen molar-refractivity contribution < 1.29 is 9.59 Å². The van der Waals surface area contributed by atoms with E-state index < -0.39 is 0 Å². The lowest BCUT2D eigenvalue weighted by Gasteiger charge is -2.34. The van der Waals surface area contributed by atoms with Gasteiger partial charge in [0.25, 0.3) is 5.91 Å². The highest BCUT2D eigenvalue weighted by atomic mass is 32.1. The highest BCUT2D eigenvalue weighted by molar-refractivity contribution is 7.17. The quantitative estimate of drug-likeness (QED) is 0.849. The minimum atomic E-state index is 0.0403. The van der Waals surface area contributed by atoms with Gasteiger partial charge in [-0.2, -0.15) is 11.3 Å². The van der Waals surface area contributed by atoms with Crippen molar-refractivity contribution >= 4 is 34.5 Å². The van der Waals surface area contributed by atoms with E-state index in [1.54, 1.807) is 11.3 Å². The molecule has 0 atom stereocenters. The number of thiophene rings is 1. The van der Waals surface area contributed by atoms with Crippen LogP contribution in [0.1, 0.15) is 29.2 Å². The minimum Gasteiger partial charge on any atom is -0.353 e. The van der Waals surface area contributed by atoms with Crippen molar-refractivity contribution in [3.05, 3.63) is 27.4 Å². The summed E-state index contributed by atoms with van der Waals surface area (Å²) in [5.41, 5.74) is 1.86. The van der Waals surface area contributed by atoms with Crippen LogP contribution in [0.2, 0.25) is 0 Å². The summed E-state index contributed by atoms with van der Waals surface area (Å²) in [6, 6.07) is 2.18. The molecule has 2 aromatic rings. The molecule has 6 nitrogen and oxygen atoms in total. The number of carbonyl (C=O) groups excluding carboxylic acids is 2. The van der Waals surface area contributed by atoms with Crippen LogP contribution in [0.4, 0.5) is 0 Å². The highest BCUT2D eigenvalue weighted by Crippen LogP contribution is 2.30. The molecule has 2 aromatic heterocycles. The number of rotatable bonds is 5. The van der Waals surface area contributed by atoms with Crippen molar-refractivity contribution in [2.45, 2.75) is 26.8 Å². The molecular weight excluding hydrogens is 368 g/mol. The molecule has 1 aliphatic rings. The molecule has 2 amide bonds. The SMILES string of the molecule is Cc1nc(-c2ccsc2)sc1C(=O)N1CCN(CC(=O)NC(C)C)CC1. The van der Waals surface area contributed by atoms with Crippen LogP contribution in [0.3, 0.4) is 0 Å². The number of amides is 2. The van der Waals surface area contributed by atoms with Crippen LogP contribution in [0.5, 0.6) is 0 Å². The van der Waals surface area contributed by atoms with Gasteiger partial charge in [0.2, 0.25) is 5.91 Å². The van der Waals surface area contributed by atoms with Gasteiger partial charge in [0.05, 0.1) is 12.2 Å². The van der Waals surface area contributed by atoms with E-state index in [-0.39, 0.29) is 17.9 Å². The van der Waals surface area contributed by atoms with Crippen LogP contribution in [-0.4, -0.2) is 65.4 Å². The number of nitrogens with one attached hydrogen (secondary N) is 1. The van der Waals surface area contributed by atoms with E-state index in [9.17, 15) is 9.59 Å². The predicted molar refractivity (Wildman–Crippen MR) is 106 cm³/mol. The third-order valence-electron chi connectivity index (χ3n) is 4.24. The van der Waals surface area contributed by atoms with Gasteiger partial charge in [0, 0.05) is 43.2 Å². The van der Waals surface area contributed by atoms with Gasteiger partial charge in [0.1, 0.15) is 9.88 Å². The van der Waals surface area contributed by atoms with E-state index in [2.05, 4.69) is 15.2 Å². The predicted octanol–water partition coefficient (Wildman–Crippen LogP) is 2.46. The first kappa shape index (κ1) is 19.0. The monoisotopic (exact) mass is 392 g/mol. The molecule has 0 aliphatic carbocycles. The van der Waals surface area contributed by atoms with Crippen molar-refractivity contribution in [3.63, 3.8) is 0 Å². The van der Waals surface area contributed by atoms with Crippen molar-refractivity contribution in [3.8, 4) is 10.6 Å². The molecule has 3 heterocycles. The number of carbonyl (C=O) groups is 2. The third kappa shape index (κ3) is 4.49. The number of hydrogen-bond acceptors (Lipinski definition) is 6. The Balaban J connectivity index is 1.58. The molecule has 8 heteroatoms. The van der Waals surface area contributed by atoms with Crippen LogP contribution in [-0.2, 0) is 4.79 Å². The first-order valence-electron chi connectivity index (χ1n) is 8.75. The first-order chi connectivity index (χ1) is 12.4. The van der Waals surface area contributed by atoms with Gasteiger partial charge < -0.3 is 10.2 Å². The second kappa shape index (κ2) is 8.28. The lowest BCUT2D eigenvalue weighted by molar-refractivity contribution is -0.123. The van der Waals surface area contributed by atoms with Crippen molar-refractivity contribution in [2.75, 3.05) is 32.7 Å². The normalized spacial score (nSPS) is 15.5. The second-order valence-electron chi connectivity index (χ2n) is 6.74. The first-order valence-corrected chi connectivity index (χ1v) is 10.5. The van der Waals surface area contributed by atoms with Gasteiger partial charge in [-0.25, -0.2) is 4.98 Å². The van der Waals surface area contributed by atoms with Crippen LogP contribution in [0.15, 0.2) is 16.8 Å². The van der Waals surface area contributed by atoms with Crippen molar-refractivity contribution in [2.24, 2.45) is 0 Å². The lowest BCUT2D eigenvalue weighted by atomic mass is 10.2. The number of piperazine rings is 1. The van der Waals surface area contributed by atoms with E-state index in [1.165, 1.54) is 11.3 Å². The van der Waals surface area contributed by atoms with E-state index in [4.69, 9.17) is 0 Å². The molecule has 140 valence electrons. The van der Waals surface area contributed by atoms with E-state index >= 15 is 0 Å². The van der Waals surface area contributed by atoms with Crippen molar-refractivity contribution in [1.29, 1.82) is 0 Å². The molecule has 0 saturated carbocycles. The van der Waals surface area contributed by atoms with Crippen molar-refractivity contribution in [1.82, 2.24) is 20.1 Å². The summed E-state index contributed by atoms with van der Waals surface area (Å²) in [7, 11) is 0. The molecule has 1 aliphatic heterocycles. The summed E-state index contributed by atoms with van der Waals surface area (Å²) in [6.45, 7) is 8.90. The molecule has 3 rings (SSSR count). The molecule has 0 unspecified atom stereocenters. The molecule has 0 bridgehead atoms. The summed E-state index contributed by atoms with van der Waals surface area (Å²) >= 11 is 3.09. The molecule has 1 fully saturated rings. The van der Waals surface area contributed by atoms with Crippen LogP contribution >= 0.6 is 22.7 Å². The number of thiazole rings is 1. The van der Waals surface area contributed by atoms with Crippen LogP contribution < -0.4 is 5.32 Å². The van der Waals surface area contributed by atoms with Gasteiger partial charge in [-0.05, 0) is 32.2 Å². The Bertz CT molecular complexity index is 762. The molecule has 1 saturated heterocycles.